The van der Waals surface area contributed by atoms with Crippen molar-refractivity contribution >= 4 is 33.7 Å². The molecule has 1 saturated heterocycles. The van der Waals surface area contributed by atoms with Gasteiger partial charge in [0.05, 0.1) is 25.1 Å². The topological polar surface area (TPSA) is 84.7 Å². The van der Waals surface area contributed by atoms with Crippen molar-refractivity contribution in [2.24, 2.45) is 0 Å². The second kappa shape index (κ2) is 9.28. The molecule has 1 aliphatic heterocycles. The van der Waals surface area contributed by atoms with E-state index in [1.54, 1.807) is 5.51 Å². The number of aromatic nitrogens is 4. The molecular formula is C26H22N6O2S. The zero-order valence-electron chi connectivity index (χ0n) is 18.8. The van der Waals surface area contributed by atoms with E-state index in [9.17, 15) is 4.79 Å². The zero-order valence-corrected chi connectivity index (χ0v) is 19.6. The number of amides is 1. The van der Waals surface area contributed by atoms with E-state index in [2.05, 4.69) is 43.1 Å². The Balaban J connectivity index is 1.28. The Morgan fingerprint density at radius 2 is 1.80 bits per heavy atom. The SMILES string of the molecule is O=C(c1cccc(-c2ccn3c(-c4cccc(Nc5nncs5)c4)cnc3c2)c1)N1CCOCC1. The van der Waals surface area contributed by atoms with Gasteiger partial charge in [0, 0.05) is 36.1 Å². The van der Waals surface area contributed by atoms with Crippen LogP contribution in [0, 0.1) is 0 Å². The molecule has 8 nitrogen and oxygen atoms in total. The lowest BCUT2D eigenvalue weighted by Gasteiger charge is -2.27. The molecule has 0 unspecified atom stereocenters. The maximum atomic E-state index is 12.9. The number of nitrogens with one attached hydrogen (secondary N) is 1. The highest BCUT2D eigenvalue weighted by molar-refractivity contribution is 7.13. The van der Waals surface area contributed by atoms with Crippen LogP contribution in [0.1, 0.15) is 10.4 Å². The molecule has 9 heteroatoms. The standard InChI is InChI=1S/C26H22N6O2S/c33-25(31-9-11-34-12-10-31)21-5-1-3-18(13-21)19-7-8-32-23(16-27-24(32)15-19)20-4-2-6-22(14-20)29-26-30-28-17-35-26/h1-8,13-17H,9-12H2,(H,29,30). The van der Waals surface area contributed by atoms with Crippen molar-refractivity contribution in [2.45, 2.75) is 0 Å². The van der Waals surface area contributed by atoms with Crippen LogP contribution in [-0.4, -0.2) is 56.7 Å². The minimum absolute atomic E-state index is 0.0429. The summed E-state index contributed by atoms with van der Waals surface area (Å²) in [5.74, 6) is 0.0429. The Hall–Kier alpha value is -4.08. The highest BCUT2D eigenvalue weighted by Crippen LogP contribution is 2.28. The van der Waals surface area contributed by atoms with Gasteiger partial charge in [0.2, 0.25) is 5.13 Å². The molecule has 6 rings (SSSR count). The van der Waals surface area contributed by atoms with Crippen molar-refractivity contribution < 1.29 is 9.53 Å². The molecule has 0 aliphatic carbocycles. The van der Waals surface area contributed by atoms with Crippen molar-refractivity contribution in [1.82, 2.24) is 24.5 Å². The average Bonchev–Trinajstić information content (AvgIpc) is 3.58. The maximum Gasteiger partial charge on any atom is 0.254 e. The van der Waals surface area contributed by atoms with Crippen LogP contribution in [0.2, 0.25) is 0 Å². The van der Waals surface area contributed by atoms with Crippen molar-refractivity contribution in [1.29, 1.82) is 0 Å². The number of benzene rings is 2. The van der Waals surface area contributed by atoms with Crippen LogP contribution in [0.25, 0.3) is 28.0 Å². The van der Waals surface area contributed by atoms with Gasteiger partial charge >= 0.3 is 0 Å². The summed E-state index contributed by atoms with van der Waals surface area (Å²) in [6, 6.07) is 20.0. The van der Waals surface area contributed by atoms with Crippen molar-refractivity contribution in [3.8, 4) is 22.4 Å². The number of morpholine rings is 1. The lowest BCUT2D eigenvalue weighted by molar-refractivity contribution is 0.0303. The number of carbonyl (C=O) groups excluding carboxylic acids is 1. The molecule has 1 aliphatic rings. The summed E-state index contributed by atoms with van der Waals surface area (Å²) in [5.41, 5.74) is 8.19. The molecule has 0 saturated carbocycles. The van der Waals surface area contributed by atoms with Gasteiger partial charge in [-0.25, -0.2) is 4.98 Å². The van der Waals surface area contributed by atoms with E-state index in [-0.39, 0.29) is 5.91 Å². The largest absolute Gasteiger partial charge is 0.378 e. The number of pyridine rings is 1. The summed E-state index contributed by atoms with van der Waals surface area (Å²) in [6.45, 7) is 2.43. The van der Waals surface area contributed by atoms with Crippen LogP contribution < -0.4 is 5.32 Å². The lowest BCUT2D eigenvalue weighted by Crippen LogP contribution is -2.40. The quantitative estimate of drug-likeness (QED) is 0.390. The minimum Gasteiger partial charge on any atom is -0.378 e. The van der Waals surface area contributed by atoms with E-state index in [1.807, 2.05) is 59.8 Å². The molecule has 3 aromatic heterocycles. The monoisotopic (exact) mass is 482 g/mol. The molecule has 0 spiro atoms. The number of carbonyl (C=O) groups is 1. The first-order valence-corrected chi connectivity index (χ1v) is 12.2. The highest BCUT2D eigenvalue weighted by Gasteiger charge is 2.19. The molecule has 35 heavy (non-hydrogen) atoms. The predicted molar refractivity (Wildman–Crippen MR) is 136 cm³/mol. The molecule has 0 radical (unpaired) electrons. The number of ether oxygens (including phenoxy) is 1. The smallest absolute Gasteiger partial charge is 0.254 e. The second-order valence-corrected chi connectivity index (χ2v) is 9.06. The molecule has 0 atom stereocenters. The number of imidazole rings is 1. The Kier molecular flexibility index (Phi) is 5.69. The molecule has 1 N–H and O–H groups in total. The van der Waals surface area contributed by atoms with Gasteiger partial charge in [-0.3, -0.25) is 9.20 Å². The zero-order chi connectivity index (χ0) is 23.6. The van der Waals surface area contributed by atoms with Crippen molar-refractivity contribution in [2.75, 3.05) is 31.6 Å². The van der Waals surface area contributed by atoms with Gasteiger partial charge in [-0.1, -0.05) is 35.6 Å². The summed E-state index contributed by atoms with van der Waals surface area (Å²) in [5, 5.41) is 11.9. The van der Waals surface area contributed by atoms with E-state index >= 15 is 0 Å². The molecule has 5 aromatic rings. The molecule has 2 aromatic carbocycles. The van der Waals surface area contributed by atoms with Crippen LogP contribution in [-0.2, 0) is 4.74 Å². The summed E-state index contributed by atoms with van der Waals surface area (Å²) in [4.78, 5) is 19.4. The number of hydrogen-bond donors (Lipinski definition) is 1. The molecule has 174 valence electrons. The number of rotatable bonds is 5. The third-order valence-electron chi connectivity index (χ3n) is 6.02. The van der Waals surface area contributed by atoms with Gasteiger partial charge < -0.3 is 15.0 Å². The van der Waals surface area contributed by atoms with Crippen LogP contribution >= 0.6 is 11.3 Å². The molecule has 0 bridgehead atoms. The van der Waals surface area contributed by atoms with Gasteiger partial charge in [-0.2, -0.15) is 0 Å². The normalized spacial score (nSPS) is 13.8. The highest BCUT2D eigenvalue weighted by atomic mass is 32.1. The Bertz CT molecular complexity index is 1490. The first-order valence-electron chi connectivity index (χ1n) is 11.3. The van der Waals surface area contributed by atoms with E-state index in [4.69, 9.17) is 4.74 Å². The van der Waals surface area contributed by atoms with E-state index in [1.165, 1.54) is 11.3 Å². The average molecular weight is 483 g/mol. The number of fused-ring (bicyclic) bond motifs is 1. The molecule has 1 fully saturated rings. The molecule has 1 amide bonds. The number of nitrogens with zero attached hydrogens (tertiary/aromatic N) is 5. The number of anilines is 2. The fraction of sp³-hybridized carbons (Fsp3) is 0.154. The second-order valence-electron chi connectivity index (χ2n) is 8.22. The first-order chi connectivity index (χ1) is 17.2. The minimum atomic E-state index is 0.0429. The Morgan fingerprint density at radius 1 is 0.971 bits per heavy atom. The third-order valence-corrected chi connectivity index (χ3v) is 6.63. The van der Waals surface area contributed by atoms with Gasteiger partial charge in [0.25, 0.3) is 5.91 Å². The van der Waals surface area contributed by atoms with Crippen LogP contribution in [0.15, 0.2) is 78.6 Å². The molecular weight excluding hydrogens is 460 g/mol. The Morgan fingerprint density at radius 3 is 2.66 bits per heavy atom. The van der Waals surface area contributed by atoms with Crippen LogP contribution in [0.3, 0.4) is 0 Å². The van der Waals surface area contributed by atoms with E-state index in [0.717, 1.165) is 38.9 Å². The van der Waals surface area contributed by atoms with E-state index < -0.39 is 0 Å². The number of hydrogen-bond acceptors (Lipinski definition) is 7. The maximum absolute atomic E-state index is 12.9. The Labute approximate surface area is 205 Å². The van der Waals surface area contributed by atoms with Crippen LogP contribution in [0.5, 0.6) is 0 Å². The fourth-order valence-corrected chi connectivity index (χ4v) is 4.73. The summed E-state index contributed by atoms with van der Waals surface area (Å²) >= 11 is 1.45. The summed E-state index contributed by atoms with van der Waals surface area (Å²) < 4.78 is 7.44. The third kappa shape index (κ3) is 4.39. The van der Waals surface area contributed by atoms with E-state index in [0.29, 0.717) is 31.9 Å². The van der Waals surface area contributed by atoms with Crippen LogP contribution in [0.4, 0.5) is 10.8 Å². The molecule has 4 heterocycles. The fourth-order valence-electron chi connectivity index (χ4n) is 4.26. The van der Waals surface area contributed by atoms with Gasteiger partial charge in [0.1, 0.15) is 11.2 Å². The van der Waals surface area contributed by atoms with Crippen molar-refractivity contribution in [3.63, 3.8) is 0 Å². The lowest BCUT2D eigenvalue weighted by atomic mass is 10.0. The summed E-state index contributed by atoms with van der Waals surface area (Å²) in [6.07, 6.45) is 3.90. The van der Waals surface area contributed by atoms with Gasteiger partial charge in [-0.15, -0.1) is 10.2 Å². The summed E-state index contributed by atoms with van der Waals surface area (Å²) in [7, 11) is 0. The van der Waals surface area contributed by atoms with Gasteiger partial charge in [-0.05, 0) is 47.5 Å². The first kappa shape index (κ1) is 21.5. The van der Waals surface area contributed by atoms with Gasteiger partial charge in [0.15, 0.2) is 0 Å². The predicted octanol–water partition coefficient (Wildman–Crippen LogP) is 4.74. The van der Waals surface area contributed by atoms with Crippen molar-refractivity contribution in [3.05, 3.63) is 84.1 Å².